The van der Waals surface area contributed by atoms with E-state index in [4.69, 9.17) is 22.9 Å². The smallest absolute Gasteiger partial charge is 0.243 e. The van der Waals surface area contributed by atoms with Gasteiger partial charge in [-0.25, -0.2) is 0 Å². The van der Waals surface area contributed by atoms with Gasteiger partial charge >= 0.3 is 0 Å². The van der Waals surface area contributed by atoms with Crippen molar-refractivity contribution in [2.75, 3.05) is 26.2 Å². The van der Waals surface area contributed by atoms with Crippen LogP contribution in [0.25, 0.3) is 11.1 Å². The van der Waals surface area contributed by atoms with Gasteiger partial charge in [0.1, 0.15) is 23.6 Å². The lowest BCUT2D eigenvalue weighted by molar-refractivity contribution is -0.132. The van der Waals surface area contributed by atoms with E-state index in [1.54, 1.807) is 24.3 Å². The predicted octanol–water partition coefficient (Wildman–Crippen LogP) is -1.66. The fourth-order valence-electron chi connectivity index (χ4n) is 5.37. The Balaban J connectivity index is 1.80. The molecule has 2 aromatic rings. The van der Waals surface area contributed by atoms with Gasteiger partial charge in [-0.05, 0) is 85.3 Å². The average Bonchev–Trinajstić information content (AvgIpc) is 3.05. The first-order chi connectivity index (χ1) is 22.9. The lowest BCUT2D eigenvalue weighted by Gasteiger charge is -2.25. The second-order valence-electron chi connectivity index (χ2n) is 12.2. The summed E-state index contributed by atoms with van der Waals surface area (Å²) < 4.78 is 0. The largest absolute Gasteiger partial charge is 0.508 e. The lowest BCUT2D eigenvalue weighted by atomic mass is 9.95. The number of phenols is 2. The van der Waals surface area contributed by atoms with Crippen LogP contribution in [0.1, 0.15) is 49.7 Å². The summed E-state index contributed by atoms with van der Waals surface area (Å²) in [5.74, 6) is -2.48. The summed E-state index contributed by atoms with van der Waals surface area (Å²) in [7, 11) is 0. The molecule has 0 aliphatic carbocycles. The molecule has 0 saturated heterocycles. The molecule has 15 nitrogen and oxygen atoms in total. The van der Waals surface area contributed by atoms with E-state index in [1.165, 1.54) is 12.1 Å². The second kappa shape index (κ2) is 18.9. The molecule has 3 rings (SSSR count). The van der Waals surface area contributed by atoms with Crippen molar-refractivity contribution < 1.29 is 34.5 Å². The number of benzene rings is 2. The third-order valence-corrected chi connectivity index (χ3v) is 8.18. The number of aliphatic hydroxyl groups excluding tert-OH is 1. The Kier molecular flexibility index (Phi) is 15.0. The van der Waals surface area contributed by atoms with Gasteiger partial charge in [0.25, 0.3) is 0 Å². The van der Waals surface area contributed by atoms with Gasteiger partial charge in [0.2, 0.25) is 23.6 Å². The van der Waals surface area contributed by atoms with E-state index in [9.17, 15) is 34.5 Å². The quantitative estimate of drug-likeness (QED) is 0.101. The van der Waals surface area contributed by atoms with Crippen molar-refractivity contribution in [1.82, 2.24) is 21.3 Å². The number of phenolic OH excluding ortho intramolecular Hbond substituents is 2. The van der Waals surface area contributed by atoms with Gasteiger partial charge in [-0.2, -0.15) is 0 Å². The number of hydrogen-bond acceptors (Lipinski definition) is 11. The number of rotatable bonds is 14. The number of carbonyl (C=O) groups excluding carboxylic acids is 4. The van der Waals surface area contributed by atoms with E-state index in [0.717, 1.165) is 12.8 Å². The number of fused-ring (bicyclic) bond motifs is 5. The van der Waals surface area contributed by atoms with Crippen molar-refractivity contribution in [2.24, 2.45) is 22.9 Å². The number of carbonyl (C=O) groups is 4. The second-order valence-corrected chi connectivity index (χ2v) is 12.2. The van der Waals surface area contributed by atoms with Crippen molar-refractivity contribution in [3.8, 4) is 22.6 Å². The molecule has 1 aliphatic rings. The van der Waals surface area contributed by atoms with Crippen molar-refractivity contribution in [3.63, 3.8) is 0 Å². The molecule has 2 aromatic carbocycles. The van der Waals surface area contributed by atoms with Gasteiger partial charge in [0.05, 0.1) is 12.1 Å². The molecular formula is C33H50N8O7. The zero-order chi connectivity index (χ0) is 35.2. The molecule has 4 amide bonds. The topological polar surface area (TPSA) is 281 Å². The number of unbranched alkanes of at least 4 members (excludes halogenated alkanes) is 1. The molecule has 1 aliphatic heterocycles. The van der Waals surface area contributed by atoms with Crippen LogP contribution in [0, 0.1) is 0 Å². The van der Waals surface area contributed by atoms with Crippen LogP contribution in [0.4, 0.5) is 0 Å². The molecule has 1 unspecified atom stereocenters. The van der Waals surface area contributed by atoms with Gasteiger partial charge in [-0.15, -0.1) is 0 Å². The predicted molar refractivity (Wildman–Crippen MR) is 180 cm³/mol. The number of nitrogens with two attached hydrogens (primary N) is 4. The Hall–Kier alpha value is -4.28. The molecule has 4 bridgehead atoms. The standard InChI is InChI=1S/C33H50N8O7/c34-10-2-1-4-23(36)16-30(45)38-17-24(42)18-39-32(47)27-15-22-13-20(7-9-29(22)44)19-6-8-28(43)21(12-19)14-25(37)31(46)40-26(5-3-11-35)33(48)41-27/h6-9,12-13,23-27,42-44H,1-5,10-11,14-18,34-37H2,(H,38,45)(H,39,47)(H,40,46)(H,41,48)/t23-,24?,25-,26-,27-/m0/s1. The average molecular weight is 671 g/mol. The third kappa shape index (κ3) is 11.8. The van der Waals surface area contributed by atoms with Crippen LogP contribution in [-0.2, 0) is 32.0 Å². The van der Waals surface area contributed by atoms with Gasteiger partial charge in [-0.1, -0.05) is 18.6 Å². The monoisotopic (exact) mass is 670 g/mol. The van der Waals surface area contributed by atoms with E-state index in [-0.39, 0.29) is 68.8 Å². The summed E-state index contributed by atoms with van der Waals surface area (Å²) in [6.07, 6.45) is 1.58. The molecule has 5 atom stereocenters. The highest BCUT2D eigenvalue weighted by molar-refractivity contribution is 5.93. The van der Waals surface area contributed by atoms with Crippen molar-refractivity contribution >= 4 is 23.6 Å². The molecule has 1 heterocycles. The molecule has 15 N–H and O–H groups in total. The maximum Gasteiger partial charge on any atom is 0.243 e. The summed E-state index contributed by atoms with van der Waals surface area (Å²) >= 11 is 0. The van der Waals surface area contributed by atoms with Crippen LogP contribution in [0.15, 0.2) is 36.4 Å². The summed E-state index contributed by atoms with van der Waals surface area (Å²) in [5.41, 5.74) is 25.4. The molecule has 48 heavy (non-hydrogen) atoms. The molecular weight excluding hydrogens is 620 g/mol. The molecule has 0 radical (unpaired) electrons. The fraction of sp³-hybridized carbons (Fsp3) is 0.515. The first kappa shape index (κ1) is 38.2. The Labute approximate surface area is 280 Å². The maximum atomic E-state index is 13.5. The maximum absolute atomic E-state index is 13.5. The zero-order valence-corrected chi connectivity index (χ0v) is 27.1. The molecule has 0 spiro atoms. The minimum atomic E-state index is -1.24. The first-order valence-corrected chi connectivity index (χ1v) is 16.3. The van der Waals surface area contributed by atoms with Crippen LogP contribution >= 0.6 is 0 Å². The van der Waals surface area contributed by atoms with Gasteiger partial charge in [0, 0.05) is 38.4 Å². The van der Waals surface area contributed by atoms with Crippen LogP contribution in [0.2, 0.25) is 0 Å². The third-order valence-electron chi connectivity index (χ3n) is 8.18. The van der Waals surface area contributed by atoms with Gasteiger partial charge < -0.3 is 59.5 Å². The first-order valence-electron chi connectivity index (χ1n) is 16.3. The summed E-state index contributed by atoms with van der Waals surface area (Å²) in [6.45, 7) is 0.399. The van der Waals surface area contributed by atoms with E-state index in [0.29, 0.717) is 41.6 Å². The molecule has 0 saturated carbocycles. The van der Waals surface area contributed by atoms with E-state index < -0.39 is 42.0 Å². The molecule has 264 valence electrons. The number of nitrogens with one attached hydrogen (secondary N) is 4. The van der Waals surface area contributed by atoms with Crippen LogP contribution in [0.3, 0.4) is 0 Å². The molecule has 0 aromatic heterocycles. The number of hydrogen-bond donors (Lipinski definition) is 11. The zero-order valence-electron chi connectivity index (χ0n) is 27.1. The fourth-order valence-corrected chi connectivity index (χ4v) is 5.37. The number of aliphatic hydroxyl groups is 1. The highest BCUT2D eigenvalue weighted by atomic mass is 16.3. The number of aromatic hydroxyl groups is 2. The Morgan fingerprint density at radius 3 is 2.08 bits per heavy atom. The van der Waals surface area contributed by atoms with E-state index >= 15 is 0 Å². The Morgan fingerprint density at radius 2 is 1.46 bits per heavy atom. The minimum absolute atomic E-state index is 0.0168. The van der Waals surface area contributed by atoms with E-state index in [1.807, 2.05) is 0 Å². The van der Waals surface area contributed by atoms with Gasteiger partial charge in [0.15, 0.2) is 0 Å². The van der Waals surface area contributed by atoms with Crippen LogP contribution < -0.4 is 44.2 Å². The lowest BCUT2D eigenvalue weighted by Crippen LogP contribution is -2.57. The van der Waals surface area contributed by atoms with Gasteiger partial charge in [-0.3, -0.25) is 19.2 Å². The highest BCUT2D eigenvalue weighted by Crippen LogP contribution is 2.31. The number of amides is 4. The van der Waals surface area contributed by atoms with Crippen molar-refractivity contribution in [1.29, 1.82) is 0 Å². The Morgan fingerprint density at radius 1 is 0.854 bits per heavy atom. The minimum Gasteiger partial charge on any atom is -0.508 e. The molecule has 15 heteroatoms. The highest BCUT2D eigenvalue weighted by Gasteiger charge is 2.30. The van der Waals surface area contributed by atoms with Crippen molar-refractivity contribution in [2.45, 2.75) is 81.6 Å². The van der Waals surface area contributed by atoms with Crippen LogP contribution in [-0.4, -0.2) is 95.4 Å². The summed E-state index contributed by atoms with van der Waals surface area (Å²) in [4.78, 5) is 52.4. The molecule has 0 fully saturated rings. The van der Waals surface area contributed by atoms with E-state index in [2.05, 4.69) is 21.3 Å². The SMILES string of the molecule is NCCCC[C@H](N)CC(=O)NCC(O)CNC(=O)[C@@H]1Cc2cc(ccc2O)-c2ccc(O)c(c2)C[C@H](N)C(=O)N[C@@H](CCCN)C(=O)N1. The Bertz CT molecular complexity index is 1410. The van der Waals surface area contributed by atoms with Crippen LogP contribution in [0.5, 0.6) is 11.5 Å². The van der Waals surface area contributed by atoms with Crippen molar-refractivity contribution in [3.05, 3.63) is 47.5 Å². The summed E-state index contributed by atoms with van der Waals surface area (Å²) in [5, 5.41) is 42.2. The normalized spacial score (nSPS) is 19.6. The summed E-state index contributed by atoms with van der Waals surface area (Å²) in [6, 6.07) is 5.86.